The van der Waals surface area contributed by atoms with Crippen LogP contribution in [0.5, 0.6) is 0 Å². The molecular weight excluding hydrogens is 382 g/mol. The van der Waals surface area contributed by atoms with Gasteiger partial charge in [-0.25, -0.2) is 9.59 Å². The Morgan fingerprint density at radius 3 is 2.00 bits per heavy atom. The monoisotopic (exact) mass is 423 g/mol. The normalized spacial score (nSPS) is 12.7. The van der Waals surface area contributed by atoms with Crippen LogP contribution in [-0.2, 0) is 19.1 Å². The van der Waals surface area contributed by atoms with Crippen molar-refractivity contribution in [2.24, 2.45) is 0 Å². The highest BCUT2D eigenvalue weighted by molar-refractivity contribution is 5.87. The molecule has 6 heteroatoms. The second-order valence-corrected chi connectivity index (χ2v) is 7.25. The van der Waals surface area contributed by atoms with Crippen molar-refractivity contribution in [3.05, 3.63) is 37.5 Å². The predicted octanol–water partition coefficient (Wildman–Crippen LogP) is 5.34. The van der Waals surface area contributed by atoms with Crippen LogP contribution in [0.25, 0.3) is 0 Å². The van der Waals surface area contributed by atoms with Crippen molar-refractivity contribution in [1.82, 2.24) is 5.32 Å². The first-order chi connectivity index (χ1) is 14.3. The van der Waals surface area contributed by atoms with Gasteiger partial charge in [0, 0.05) is 18.2 Å². The fourth-order valence-corrected chi connectivity index (χ4v) is 2.62. The van der Waals surface area contributed by atoms with Gasteiger partial charge in [0.25, 0.3) is 0 Å². The van der Waals surface area contributed by atoms with Crippen LogP contribution in [0, 0.1) is 0 Å². The van der Waals surface area contributed by atoms with E-state index in [1.807, 2.05) is 0 Å². The lowest BCUT2D eigenvalue weighted by Crippen LogP contribution is -2.21. The summed E-state index contributed by atoms with van der Waals surface area (Å²) in [6.07, 6.45) is 15.6. The number of aliphatic carboxylic acids is 1. The molecule has 0 spiro atoms. The summed E-state index contributed by atoms with van der Waals surface area (Å²) in [6, 6.07) is 0. The van der Waals surface area contributed by atoms with Crippen LogP contribution in [0.15, 0.2) is 37.5 Å². The summed E-state index contributed by atoms with van der Waals surface area (Å²) in [5.74, 6) is -1.28. The van der Waals surface area contributed by atoms with Gasteiger partial charge in [0.2, 0.25) is 5.91 Å². The number of carbonyl (C=O) groups excluding carboxylic acids is 2. The molecule has 6 nitrogen and oxygen atoms in total. The van der Waals surface area contributed by atoms with E-state index in [0.29, 0.717) is 5.57 Å². The van der Waals surface area contributed by atoms with Crippen molar-refractivity contribution in [3.63, 3.8) is 0 Å². The molecule has 0 atom stereocenters. The molecule has 0 aromatic carbocycles. The van der Waals surface area contributed by atoms with Crippen molar-refractivity contribution < 1.29 is 24.2 Å². The summed E-state index contributed by atoms with van der Waals surface area (Å²) in [5.41, 5.74) is 0.501. The Balaban J connectivity index is 0. The largest absolute Gasteiger partial charge is 0.478 e. The Morgan fingerprint density at radius 2 is 1.53 bits per heavy atom. The zero-order valence-corrected chi connectivity index (χ0v) is 18.9. The van der Waals surface area contributed by atoms with Crippen LogP contribution in [0.3, 0.4) is 0 Å². The summed E-state index contributed by atoms with van der Waals surface area (Å²) < 4.78 is 5.21. The predicted molar refractivity (Wildman–Crippen MR) is 122 cm³/mol. The summed E-state index contributed by atoms with van der Waals surface area (Å²) in [5, 5.41) is 10.4. The van der Waals surface area contributed by atoms with Gasteiger partial charge < -0.3 is 15.2 Å². The Bertz CT molecular complexity index is 522. The molecule has 1 fully saturated rings. The van der Waals surface area contributed by atoms with Gasteiger partial charge in [-0.2, -0.15) is 0 Å². The van der Waals surface area contributed by atoms with Crippen molar-refractivity contribution in [2.45, 2.75) is 90.6 Å². The topological polar surface area (TPSA) is 92.7 Å². The average molecular weight is 424 g/mol. The second kappa shape index (κ2) is 21.3. The zero-order valence-electron chi connectivity index (χ0n) is 18.9. The molecule has 0 aromatic rings. The second-order valence-electron chi connectivity index (χ2n) is 7.25. The summed E-state index contributed by atoms with van der Waals surface area (Å²) in [6.45, 7) is 14.6. The molecule has 1 saturated carbocycles. The average Bonchev–Trinajstić information content (AvgIpc) is 2.74. The zero-order chi connectivity index (χ0) is 23.2. The van der Waals surface area contributed by atoms with E-state index in [1.54, 1.807) is 6.92 Å². The van der Waals surface area contributed by atoms with Gasteiger partial charge in [0.1, 0.15) is 6.10 Å². The van der Waals surface area contributed by atoms with E-state index in [0.717, 1.165) is 31.9 Å². The number of hydrogen-bond donors (Lipinski definition) is 2. The fourth-order valence-electron chi connectivity index (χ4n) is 2.62. The number of carbonyl (C=O) groups is 3. The van der Waals surface area contributed by atoms with E-state index in [1.165, 1.54) is 57.4 Å². The first-order valence-electron chi connectivity index (χ1n) is 10.9. The van der Waals surface area contributed by atoms with Gasteiger partial charge in [-0.3, -0.25) is 4.79 Å². The van der Waals surface area contributed by atoms with E-state index < -0.39 is 5.97 Å². The van der Waals surface area contributed by atoms with Gasteiger partial charge in [-0.05, 0) is 45.1 Å². The van der Waals surface area contributed by atoms with Gasteiger partial charge >= 0.3 is 11.9 Å². The number of carboxylic acid groups (broad SMARTS) is 1. The van der Waals surface area contributed by atoms with E-state index in [4.69, 9.17) is 9.84 Å². The van der Waals surface area contributed by atoms with Crippen molar-refractivity contribution in [2.75, 3.05) is 6.54 Å². The van der Waals surface area contributed by atoms with E-state index in [-0.39, 0.29) is 18.0 Å². The highest BCUT2D eigenvalue weighted by atomic mass is 16.5. The smallest absolute Gasteiger partial charge is 0.333 e. The third kappa shape index (κ3) is 21.9. The Kier molecular flexibility index (Phi) is 21.2. The molecular formula is C24H41NO5. The van der Waals surface area contributed by atoms with Crippen LogP contribution in [-0.4, -0.2) is 35.6 Å². The summed E-state index contributed by atoms with van der Waals surface area (Å²) in [7, 11) is 0. The molecule has 0 heterocycles. The lowest BCUT2D eigenvalue weighted by molar-refractivity contribution is -0.145. The molecule has 0 bridgehead atoms. The summed E-state index contributed by atoms with van der Waals surface area (Å²) >= 11 is 0. The molecule has 0 radical (unpaired) electrons. The molecule has 1 aliphatic rings. The molecule has 1 rings (SSSR count). The third-order valence-electron chi connectivity index (χ3n) is 4.36. The number of nitrogens with one attached hydrogen (secondary N) is 1. The Morgan fingerprint density at radius 1 is 1.00 bits per heavy atom. The number of carboxylic acids is 1. The number of esters is 1. The molecule has 0 saturated heterocycles. The van der Waals surface area contributed by atoms with Gasteiger partial charge in [-0.1, -0.05) is 65.2 Å². The summed E-state index contributed by atoms with van der Waals surface area (Å²) in [4.78, 5) is 31.1. The molecule has 172 valence electrons. The van der Waals surface area contributed by atoms with Gasteiger partial charge in [0.15, 0.2) is 0 Å². The maximum Gasteiger partial charge on any atom is 0.333 e. The quantitative estimate of drug-likeness (QED) is 0.266. The maximum absolute atomic E-state index is 11.1. The maximum atomic E-state index is 11.1. The van der Waals surface area contributed by atoms with E-state index >= 15 is 0 Å². The fraction of sp³-hybridized carbons (Fsp3) is 0.625. The minimum absolute atomic E-state index is 0.0615. The van der Waals surface area contributed by atoms with Crippen LogP contribution < -0.4 is 5.32 Å². The highest BCUT2D eigenvalue weighted by Crippen LogP contribution is 2.20. The third-order valence-corrected chi connectivity index (χ3v) is 4.36. The Hall–Kier alpha value is -2.37. The number of rotatable bonds is 11. The van der Waals surface area contributed by atoms with Gasteiger partial charge in [-0.15, -0.1) is 0 Å². The van der Waals surface area contributed by atoms with Gasteiger partial charge in [0.05, 0.1) is 0 Å². The standard InChI is InChI=1S/C11H21NO.C10H16O2.C3H4O2/c1-3-5-6-7-8-9-10-12-11(13)4-2;1-8(2)10(11)12-9-6-4-3-5-7-9;1-2-3(4)5/h4H,2-3,5-10H2,1H3,(H,12,13);9H,1,3-7H2,2H3;2H,1H2,(H,4,5). The van der Waals surface area contributed by atoms with E-state index in [2.05, 4.69) is 32.0 Å². The lowest BCUT2D eigenvalue weighted by Gasteiger charge is -2.21. The number of unbranched alkanes of at least 4 members (excludes halogenated alkanes) is 5. The van der Waals surface area contributed by atoms with Crippen LogP contribution >= 0.6 is 0 Å². The van der Waals surface area contributed by atoms with Crippen LogP contribution in [0.2, 0.25) is 0 Å². The Labute approximate surface area is 182 Å². The van der Waals surface area contributed by atoms with Crippen LogP contribution in [0.1, 0.15) is 84.5 Å². The first-order valence-corrected chi connectivity index (χ1v) is 10.9. The molecule has 1 aliphatic carbocycles. The molecule has 2 N–H and O–H groups in total. The molecule has 30 heavy (non-hydrogen) atoms. The van der Waals surface area contributed by atoms with Crippen molar-refractivity contribution >= 4 is 17.8 Å². The molecule has 0 aliphatic heterocycles. The highest BCUT2D eigenvalue weighted by Gasteiger charge is 2.17. The molecule has 0 aromatic heterocycles. The van der Waals surface area contributed by atoms with Crippen molar-refractivity contribution in [3.8, 4) is 0 Å². The first kappa shape index (κ1) is 29.8. The SMILES string of the molecule is C=C(C)C(=O)OC1CCCCC1.C=CC(=O)NCCCCCCCC.C=CC(=O)O. The minimum atomic E-state index is -0.981. The van der Waals surface area contributed by atoms with Crippen LogP contribution in [0.4, 0.5) is 0 Å². The number of amides is 1. The minimum Gasteiger partial charge on any atom is -0.478 e. The van der Waals surface area contributed by atoms with E-state index in [9.17, 15) is 14.4 Å². The molecule has 1 amide bonds. The number of hydrogen-bond acceptors (Lipinski definition) is 4. The lowest BCUT2D eigenvalue weighted by atomic mass is 9.98. The number of ether oxygens (including phenoxy) is 1. The van der Waals surface area contributed by atoms with Crippen molar-refractivity contribution in [1.29, 1.82) is 0 Å². The molecule has 0 unspecified atom stereocenters.